The molecule has 0 atom stereocenters. The summed E-state index contributed by atoms with van der Waals surface area (Å²) in [6.07, 6.45) is 0. The smallest absolute Gasteiger partial charge is 0.0467 e. The standard InChI is InChI=1S/C36H27N/c1-4-13-28(14-5-1)31-19-10-22-34(25-31)37(35-23-11-20-32(26-35)29-15-6-2-7-16-29)36-24-12-21-33(27-36)30-17-8-3-9-18-30/h1-27H. The van der Waals surface area contributed by atoms with Gasteiger partial charge in [0.05, 0.1) is 0 Å². The lowest BCUT2D eigenvalue weighted by atomic mass is 10.0. The van der Waals surface area contributed by atoms with Gasteiger partial charge in [-0.1, -0.05) is 127 Å². The molecule has 6 aromatic rings. The van der Waals surface area contributed by atoms with Crippen LogP contribution >= 0.6 is 0 Å². The second-order valence-electron chi connectivity index (χ2n) is 9.08. The molecule has 0 fully saturated rings. The van der Waals surface area contributed by atoms with Crippen molar-refractivity contribution < 1.29 is 0 Å². The van der Waals surface area contributed by atoms with Crippen LogP contribution in [0.5, 0.6) is 0 Å². The van der Waals surface area contributed by atoms with Crippen LogP contribution in [-0.4, -0.2) is 0 Å². The van der Waals surface area contributed by atoms with E-state index in [0.29, 0.717) is 0 Å². The Bertz CT molecular complexity index is 1410. The molecule has 0 heterocycles. The van der Waals surface area contributed by atoms with Crippen molar-refractivity contribution in [3.05, 3.63) is 164 Å². The zero-order valence-corrected chi connectivity index (χ0v) is 20.5. The summed E-state index contributed by atoms with van der Waals surface area (Å²) >= 11 is 0. The van der Waals surface area contributed by atoms with Gasteiger partial charge >= 0.3 is 0 Å². The second-order valence-corrected chi connectivity index (χ2v) is 9.08. The van der Waals surface area contributed by atoms with Gasteiger partial charge < -0.3 is 4.90 Å². The lowest BCUT2D eigenvalue weighted by molar-refractivity contribution is 1.28. The molecule has 6 rings (SSSR count). The zero-order chi connectivity index (χ0) is 24.9. The maximum absolute atomic E-state index is 2.35. The number of anilines is 3. The highest BCUT2D eigenvalue weighted by Gasteiger charge is 2.15. The van der Waals surface area contributed by atoms with E-state index < -0.39 is 0 Å². The molecular weight excluding hydrogens is 446 g/mol. The SMILES string of the molecule is c1ccc(-c2cccc(N(c3cccc(-c4ccccc4)c3)c3cccc(-c4ccccc4)c3)c2)cc1. The molecule has 6 aromatic carbocycles. The lowest BCUT2D eigenvalue weighted by Crippen LogP contribution is -2.10. The lowest BCUT2D eigenvalue weighted by Gasteiger charge is -2.27. The molecule has 0 spiro atoms. The highest BCUT2D eigenvalue weighted by molar-refractivity contribution is 5.84. The van der Waals surface area contributed by atoms with E-state index in [1.807, 2.05) is 0 Å². The van der Waals surface area contributed by atoms with E-state index in [1.54, 1.807) is 0 Å². The van der Waals surface area contributed by atoms with E-state index >= 15 is 0 Å². The Balaban J connectivity index is 1.51. The van der Waals surface area contributed by atoms with Crippen LogP contribution in [0.2, 0.25) is 0 Å². The summed E-state index contributed by atoms with van der Waals surface area (Å²) < 4.78 is 0. The summed E-state index contributed by atoms with van der Waals surface area (Å²) in [6, 6.07) is 58.1. The van der Waals surface area contributed by atoms with Crippen LogP contribution < -0.4 is 4.90 Å². The van der Waals surface area contributed by atoms with Crippen LogP contribution in [-0.2, 0) is 0 Å². The number of benzene rings is 6. The quantitative estimate of drug-likeness (QED) is 0.233. The normalized spacial score (nSPS) is 10.7. The molecular formula is C36H27N. The molecule has 0 aliphatic carbocycles. The first-order valence-corrected chi connectivity index (χ1v) is 12.6. The molecule has 0 aliphatic heterocycles. The molecule has 0 amide bonds. The van der Waals surface area contributed by atoms with E-state index in [0.717, 1.165) is 17.1 Å². The molecule has 1 nitrogen and oxygen atoms in total. The summed E-state index contributed by atoms with van der Waals surface area (Å²) in [5.41, 5.74) is 10.6. The summed E-state index contributed by atoms with van der Waals surface area (Å²) in [6.45, 7) is 0. The summed E-state index contributed by atoms with van der Waals surface area (Å²) in [5, 5.41) is 0. The maximum atomic E-state index is 2.35. The van der Waals surface area contributed by atoms with Gasteiger partial charge in [0.25, 0.3) is 0 Å². The monoisotopic (exact) mass is 473 g/mol. The Morgan fingerprint density at radius 1 is 0.243 bits per heavy atom. The summed E-state index contributed by atoms with van der Waals surface area (Å²) in [7, 11) is 0. The van der Waals surface area contributed by atoms with Crippen LogP contribution in [0.1, 0.15) is 0 Å². The Kier molecular flexibility index (Phi) is 6.34. The minimum absolute atomic E-state index is 1.12. The molecule has 1 heteroatoms. The average molecular weight is 474 g/mol. The number of rotatable bonds is 6. The average Bonchev–Trinajstić information content (AvgIpc) is 2.99. The van der Waals surface area contributed by atoms with Crippen molar-refractivity contribution in [2.24, 2.45) is 0 Å². The minimum Gasteiger partial charge on any atom is -0.310 e. The fraction of sp³-hybridized carbons (Fsp3) is 0. The number of hydrogen-bond donors (Lipinski definition) is 0. The molecule has 0 saturated carbocycles. The molecule has 0 bridgehead atoms. The topological polar surface area (TPSA) is 3.24 Å². The van der Waals surface area contributed by atoms with Crippen LogP contribution in [0.15, 0.2) is 164 Å². The fourth-order valence-electron chi connectivity index (χ4n) is 4.81. The van der Waals surface area contributed by atoms with Crippen LogP contribution in [0.4, 0.5) is 17.1 Å². The second kappa shape index (κ2) is 10.4. The number of hydrogen-bond acceptors (Lipinski definition) is 1. The van der Waals surface area contributed by atoms with Crippen molar-refractivity contribution in [1.82, 2.24) is 0 Å². The summed E-state index contributed by atoms with van der Waals surface area (Å²) in [4.78, 5) is 2.35. The molecule has 0 saturated heterocycles. The number of nitrogens with zero attached hydrogens (tertiary/aromatic N) is 1. The van der Waals surface area contributed by atoms with E-state index in [9.17, 15) is 0 Å². The Morgan fingerprint density at radius 2 is 0.514 bits per heavy atom. The molecule has 0 N–H and O–H groups in total. The highest BCUT2D eigenvalue weighted by atomic mass is 15.1. The zero-order valence-electron chi connectivity index (χ0n) is 20.5. The van der Waals surface area contributed by atoms with Crippen molar-refractivity contribution in [3.8, 4) is 33.4 Å². The van der Waals surface area contributed by atoms with Crippen LogP contribution in [0.25, 0.3) is 33.4 Å². The third-order valence-electron chi connectivity index (χ3n) is 6.63. The largest absolute Gasteiger partial charge is 0.310 e. The Hall–Kier alpha value is -4.88. The first kappa shape index (κ1) is 22.6. The fourth-order valence-corrected chi connectivity index (χ4v) is 4.81. The van der Waals surface area contributed by atoms with Crippen molar-refractivity contribution >= 4 is 17.1 Å². The van der Waals surface area contributed by atoms with E-state index in [1.165, 1.54) is 33.4 Å². The van der Waals surface area contributed by atoms with Crippen molar-refractivity contribution in [3.63, 3.8) is 0 Å². The highest BCUT2D eigenvalue weighted by Crippen LogP contribution is 2.39. The van der Waals surface area contributed by atoms with Gasteiger partial charge in [-0.15, -0.1) is 0 Å². The Morgan fingerprint density at radius 3 is 0.811 bits per heavy atom. The van der Waals surface area contributed by atoms with Gasteiger partial charge in [0.15, 0.2) is 0 Å². The third kappa shape index (κ3) is 4.94. The molecule has 37 heavy (non-hydrogen) atoms. The predicted molar refractivity (Wildman–Crippen MR) is 157 cm³/mol. The molecule has 0 aromatic heterocycles. The van der Waals surface area contributed by atoms with Gasteiger partial charge in [-0.3, -0.25) is 0 Å². The first-order chi connectivity index (χ1) is 18.3. The molecule has 0 unspecified atom stereocenters. The first-order valence-electron chi connectivity index (χ1n) is 12.6. The van der Waals surface area contributed by atoms with Gasteiger partial charge in [-0.05, 0) is 69.8 Å². The molecule has 0 radical (unpaired) electrons. The maximum Gasteiger partial charge on any atom is 0.0467 e. The van der Waals surface area contributed by atoms with Crippen LogP contribution in [0, 0.1) is 0 Å². The van der Waals surface area contributed by atoms with E-state index in [-0.39, 0.29) is 0 Å². The van der Waals surface area contributed by atoms with E-state index in [2.05, 4.69) is 169 Å². The van der Waals surface area contributed by atoms with Gasteiger partial charge in [0, 0.05) is 17.1 Å². The predicted octanol–water partition coefficient (Wildman–Crippen LogP) is 10.2. The van der Waals surface area contributed by atoms with E-state index in [4.69, 9.17) is 0 Å². The van der Waals surface area contributed by atoms with Crippen LogP contribution in [0.3, 0.4) is 0 Å². The molecule has 0 aliphatic rings. The van der Waals surface area contributed by atoms with Crippen molar-refractivity contribution in [2.75, 3.05) is 4.90 Å². The van der Waals surface area contributed by atoms with Crippen molar-refractivity contribution in [2.45, 2.75) is 0 Å². The third-order valence-corrected chi connectivity index (χ3v) is 6.63. The van der Waals surface area contributed by atoms with Crippen molar-refractivity contribution in [1.29, 1.82) is 0 Å². The summed E-state index contributed by atoms with van der Waals surface area (Å²) in [5.74, 6) is 0. The molecule has 176 valence electrons. The minimum atomic E-state index is 1.12. The van der Waals surface area contributed by atoms with Gasteiger partial charge in [-0.25, -0.2) is 0 Å². The van der Waals surface area contributed by atoms with Gasteiger partial charge in [-0.2, -0.15) is 0 Å². The van der Waals surface area contributed by atoms with Gasteiger partial charge in [0.1, 0.15) is 0 Å². The van der Waals surface area contributed by atoms with Gasteiger partial charge in [0.2, 0.25) is 0 Å². The Labute approximate surface area is 218 Å².